The quantitative estimate of drug-likeness (QED) is 0.904. The summed E-state index contributed by atoms with van der Waals surface area (Å²) in [7, 11) is 1.68. The zero-order valence-corrected chi connectivity index (χ0v) is 10.9. The maximum atomic E-state index is 10.3. The van der Waals surface area contributed by atoms with Gasteiger partial charge in [0.15, 0.2) is 0 Å². The van der Waals surface area contributed by atoms with Crippen LogP contribution in [0.2, 0.25) is 0 Å². The van der Waals surface area contributed by atoms with E-state index in [1.807, 2.05) is 0 Å². The van der Waals surface area contributed by atoms with E-state index in [9.17, 15) is 5.11 Å². The third-order valence-electron chi connectivity index (χ3n) is 3.72. The zero-order chi connectivity index (χ0) is 11.3. The molecule has 1 fully saturated rings. The molecule has 0 atom stereocenters. The highest BCUT2D eigenvalue weighted by atomic mass is 79.9. The minimum atomic E-state index is -0.620. The summed E-state index contributed by atoms with van der Waals surface area (Å²) in [5, 5.41) is 10.3. The van der Waals surface area contributed by atoms with E-state index in [0.717, 1.165) is 41.5 Å². The second kappa shape index (κ2) is 3.47. The number of ether oxygens (including phenoxy) is 1. The maximum Gasteiger partial charge on any atom is 0.139 e. The smallest absolute Gasteiger partial charge is 0.139 e. The monoisotopic (exact) mass is 282 g/mol. The van der Waals surface area contributed by atoms with Gasteiger partial charge in [-0.1, -0.05) is 0 Å². The molecule has 1 N–H and O–H groups in total. The minimum absolute atomic E-state index is 0.620. The summed E-state index contributed by atoms with van der Waals surface area (Å²) >= 11 is 3.63. The molecule has 1 aromatic carbocycles. The largest absolute Gasteiger partial charge is 0.495 e. The molecule has 1 saturated carbocycles. The first kappa shape index (κ1) is 10.6. The van der Waals surface area contributed by atoms with Gasteiger partial charge < -0.3 is 9.84 Å². The topological polar surface area (TPSA) is 29.5 Å². The number of fused-ring (bicyclic) bond motifs is 1. The predicted octanol–water partition coefficient (Wildman–Crippen LogP) is 2.93. The first-order valence-electron chi connectivity index (χ1n) is 5.77. The van der Waals surface area contributed by atoms with Crippen molar-refractivity contribution >= 4 is 15.9 Å². The summed E-state index contributed by atoms with van der Waals surface area (Å²) in [5.41, 5.74) is 3.10. The Morgan fingerprint density at radius 3 is 2.75 bits per heavy atom. The molecule has 0 radical (unpaired) electrons. The van der Waals surface area contributed by atoms with Crippen molar-refractivity contribution in [1.29, 1.82) is 0 Å². The Kier molecular flexibility index (Phi) is 2.30. The number of halogens is 1. The van der Waals surface area contributed by atoms with Gasteiger partial charge >= 0.3 is 0 Å². The van der Waals surface area contributed by atoms with Crippen molar-refractivity contribution in [3.63, 3.8) is 0 Å². The highest BCUT2D eigenvalue weighted by Gasteiger charge is 2.45. The van der Waals surface area contributed by atoms with Crippen molar-refractivity contribution in [3.05, 3.63) is 27.2 Å². The molecular weight excluding hydrogens is 268 g/mol. The third kappa shape index (κ3) is 1.41. The maximum absolute atomic E-state index is 10.3. The van der Waals surface area contributed by atoms with Crippen LogP contribution in [0.15, 0.2) is 10.5 Å². The van der Waals surface area contributed by atoms with E-state index in [1.54, 1.807) is 7.11 Å². The van der Waals surface area contributed by atoms with Crippen molar-refractivity contribution in [2.24, 2.45) is 0 Å². The predicted molar refractivity (Wildman–Crippen MR) is 65.8 cm³/mol. The molecular formula is C13H15BrO2. The molecule has 2 aliphatic rings. The summed E-state index contributed by atoms with van der Waals surface area (Å²) in [4.78, 5) is 0. The van der Waals surface area contributed by atoms with Crippen LogP contribution in [0, 0.1) is 0 Å². The fraction of sp³-hybridized carbons (Fsp3) is 0.538. The lowest BCUT2D eigenvalue weighted by molar-refractivity contribution is 0.147. The molecule has 3 heteroatoms. The van der Waals surface area contributed by atoms with Gasteiger partial charge in [0.05, 0.1) is 17.2 Å². The Morgan fingerprint density at radius 1 is 1.38 bits per heavy atom. The van der Waals surface area contributed by atoms with E-state index in [4.69, 9.17) is 4.74 Å². The molecule has 3 rings (SSSR count). The summed E-state index contributed by atoms with van der Waals surface area (Å²) < 4.78 is 6.52. The fourth-order valence-corrected chi connectivity index (χ4v) is 3.43. The number of aryl methyl sites for hydroxylation is 1. The zero-order valence-electron chi connectivity index (χ0n) is 9.35. The molecule has 0 heterocycles. The molecule has 0 aliphatic heterocycles. The van der Waals surface area contributed by atoms with Crippen LogP contribution in [0.1, 0.15) is 36.0 Å². The van der Waals surface area contributed by atoms with Gasteiger partial charge in [0.1, 0.15) is 5.75 Å². The van der Waals surface area contributed by atoms with Gasteiger partial charge in [0.2, 0.25) is 0 Å². The van der Waals surface area contributed by atoms with E-state index in [2.05, 4.69) is 22.0 Å². The molecule has 2 aliphatic carbocycles. The first-order valence-corrected chi connectivity index (χ1v) is 6.56. The Bertz CT molecular complexity index is 450. The number of benzene rings is 1. The molecule has 0 aromatic heterocycles. The van der Waals surface area contributed by atoms with Gasteiger partial charge in [-0.25, -0.2) is 0 Å². The van der Waals surface area contributed by atoms with Crippen molar-refractivity contribution < 1.29 is 9.84 Å². The van der Waals surface area contributed by atoms with Crippen molar-refractivity contribution in [3.8, 4) is 5.75 Å². The van der Waals surface area contributed by atoms with Crippen molar-refractivity contribution in [2.45, 2.75) is 37.7 Å². The Morgan fingerprint density at radius 2 is 2.12 bits per heavy atom. The standard InChI is InChI=1S/C13H15BrO2/c1-16-12-10(13(15)5-6-13)7-8-3-2-4-9(8)11(12)14/h7,15H,2-6H2,1H3. The van der Waals surface area contributed by atoms with Gasteiger partial charge in [-0.2, -0.15) is 0 Å². The van der Waals surface area contributed by atoms with E-state index in [-0.39, 0.29) is 0 Å². The van der Waals surface area contributed by atoms with Crippen LogP contribution >= 0.6 is 15.9 Å². The van der Waals surface area contributed by atoms with Gasteiger partial charge in [0.25, 0.3) is 0 Å². The minimum Gasteiger partial charge on any atom is -0.495 e. The lowest BCUT2D eigenvalue weighted by atomic mass is 10.00. The number of rotatable bonds is 2. The summed E-state index contributed by atoms with van der Waals surface area (Å²) in [6.45, 7) is 0. The van der Waals surface area contributed by atoms with Crippen LogP contribution < -0.4 is 4.74 Å². The fourth-order valence-electron chi connectivity index (χ4n) is 2.61. The number of aliphatic hydroxyl groups is 1. The molecule has 0 saturated heterocycles. The van der Waals surface area contributed by atoms with Gasteiger partial charge in [0, 0.05) is 5.56 Å². The summed E-state index contributed by atoms with van der Waals surface area (Å²) in [5.74, 6) is 0.834. The van der Waals surface area contributed by atoms with Crippen LogP contribution in [0.3, 0.4) is 0 Å². The number of methoxy groups -OCH3 is 1. The average Bonchev–Trinajstić information content (AvgIpc) is 2.84. The molecule has 0 spiro atoms. The molecule has 2 nitrogen and oxygen atoms in total. The average molecular weight is 283 g/mol. The highest BCUT2D eigenvalue weighted by Crippen LogP contribution is 2.52. The summed E-state index contributed by atoms with van der Waals surface area (Å²) in [6.07, 6.45) is 5.16. The SMILES string of the molecule is COc1c(C2(O)CC2)cc2c(c1Br)CCC2. The first-order chi connectivity index (χ1) is 7.65. The van der Waals surface area contributed by atoms with E-state index >= 15 is 0 Å². The second-order valence-corrected chi connectivity index (χ2v) is 5.59. The lowest BCUT2D eigenvalue weighted by Crippen LogP contribution is -2.09. The Labute approximate surface area is 104 Å². The number of hydrogen-bond donors (Lipinski definition) is 1. The van der Waals surface area contributed by atoms with Crippen LogP contribution in [0.5, 0.6) is 5.75 Å². The third-order valence-corrected chi connectivity index (χ3v) is 4.56. The van der Waals surface area contributed by atoms with Gasteiger partial charge in [-0.3, -0.25) is 0 Å². The Hall–Kier alpha value is -0.540. The normalized spacial score (nSPS) is 20.7. The van der Waals surface area contributed by atoms with E-state index in [0.29, 0.717) is 0 Å². The van der Waals surface area contributed by atoms with Crippen LogP contribution in [-0.2, 0) is 18.4 Å². The molecule has 16 heavy (non-hydrogen) atoms. The van der Waals surface area contributed by atoms with Crippen molar-refractivity contribution in [1.82, 2.24) is 0 Å². The molecule has 86 valence electrons. The Balaban J connectivity index is 2.21. The lowest BCUT2D eigenvalue weighted by Gasteiger charge is -2.18. The summed E-state index contributed by atoms with van der Waals surface area (Å²) in [6, 6.07) is 2.15. The van der Waals surface area contributed by atoms with E-state index < -0.39 is 5.60 Å². The van der Waals surface area contributed by atoms with Crippen LogP contribution in [0.4, 0.5) is 0 Å². The molecule has 1 aromatic rings. The van der Waals surface area contributed by atoms with E-state index in [1.165, 1.54) is 17.5 Å². The van der Waals surface area contributed by atoms with Gasteiger partial charge in [-0.15, -0.1) is 0 Å². The van der Waals surface area contributed by atoms with Crippen molar-refractivity contribution in [2.75, 3.05) is 7.11 Å². The number of hydrogen-bond acceptors (Lipinski definition) is 2. The highest BCUT2D eigenvalue weighted by molar-refractivity contribution is 9.10. The molecule has 0 bridgehead atoms. The van der Waals surface area contributed by atoms with Crippen LogP contribution in [-0.4, -0.2) is 12.2 Å². The molecule has 0 amide bonds. The second-order valence-electron chi connectivity index (χ2n) is 4.79. The molecule has 0 unspecified atom stereocenters. The van der Waals surface area contributed by atoms with Gasteiger partial charge in [-0.05, 0) is 65.2 Å². The van der Waals surface area contributed by atoms with Crippen LogP contribution in [0.25, 0.3) is 0 Å².